The van der Waals surface area contributed by atoms with Crippen molar-refractivity contribution >= 4 is 5.78 Å². The van der Waals surface area contributed by atoms with Gasteiger partial charge < -0.3 is 0 Å². The smallest absolute Gasteiger partial charge is 0.166 e. The zero-order chi connectivity index (χ0) is 11.4. The van der Waals surface area contributed by atoms with E-state index in [1.807, 2.05) is 6.92 Å². The van der Waals surface area contributed by atoms with Crippen LogP contribution in [0.4, 0.5) is 0 Å². The molecule has 0 saturated carbocycles. The van der Waals surface area contributed by atoms with Gasteiger partial charge in [0, 0.05) is 6.54 Å². The van der Waals surface area contributed by atoms with Crippen molar-refractivity contribution in [1.82, 2.24) is 14.8 Å². The van der Waals surface area contributed by atoms with Gasteiger partial charge in [-0.1, -0.05) is 6.08 Å². The third kappa shape index (κ3) is 2.38. The molecule has 0 aliphatic heterocycles. The Labute approximate surface area is 95.4 Å². The highest BCUT2D eigenvalue weighted by molar-refractivity contribution is 5.96. The molecule has 0 radical (unpaired) electrons. The summed E-state index contributed by atoms with van der Waals surface area (Å²) in [7, 11) is 0. The minimum atomic E-state index is 0.211. The molecule has 0 N–H and O–H groups in total. The highest BCUT2D eigenvalue weighted by atomic mass is 16.1. The second-order valence-electron chi connectivity index (χ2n) is 4.07. The van der Waals surface area contributed by atoms with E-state index in [2.05, 4.69) is 16.2 Å². The molecule has 0 bridgehead atoms. The summed E-state index contributed by atoms with van der Waals surface area (Å²) in [5.74, 6) is 0.987. The van der Waals surface area contributed by atoms with Crippen LogP contribution < -0.4 is 0 Å². The number of Topliss-reactive ketones (excluding diaryl/α,β-unsaturated/α-hetero) is 1. The Kier molecular flexibility index (Phi) is 3.49. The molecule has 4 nitrogen and oxygen atoms in total. The number of hydrogen-bond donors (Lipinski definition) is 0. The Morgan fingerprint density at radius 1 is 1.50 bits per heavy atom. The van der Waals surface area contributed by atoms with Crippen LogP contribution in [0.15, 0.2) is 18.0 Å². The van der Waals surface area contributed by atoms with E-state index in [0.717, 1.165) is 37.2 Å². The van der Waals surface area contributed by atoms with Crippen LogP contribution in [0.5, 0.6) is 0 Å². The van der Waals surface area contributed by atoms with Crippen LogP contribution in [-0.4, -0.2) is 20.5 Å². The van der Waals surface area contributed by atoms with Gasteiger partial charge in [-0.05, 0) is 38.2 Å². The monoisotopic (exact) mass is 219 g/mol. The van der Waals surface area contributed by atoms with E-state index in [-0.39, 0.29) is 5.78 Å². The molecule has 0 atom stereocenters. The van der Waals surface area contributed by atoms with Crippen LogP contribution in [-0.2, 0) is 17.8 Å². The molecule has 0 fully saturated rings. The maximum Gasteiger partial charge on any atom is 0.166 e. The average Bonchev–Trinajstić information content (AvgIpc) is 2.77. The molecule has 0 amide bonds. The fourth-order valence-corrected chi connectivity index (χ4v) is 2.04. The first kappa shape index (κ1) is 11.0. The Bertz CT molecular complexity index is 406. The molecular weight excluding hydrogens is 202 g/mol. The van der Waals surface area contributed by atoms with Gasteiger partial charge in [-0.3, -0.25) is 4.79 Å². The summed E-state index contributed by atoms with van der Waals surface area (Å²) in [6.45, 7) is 2.77. The minimum Gasteiger partial charge on any atom is -0.294 e. The van der Waals surface area contributed by atoms with Gasteiger partial charge in [0.05, 0.1) is 6.42 Å². The Morgan fingerprint density at radius 3 is 3.06 bits per heavy atom. The van der Waals surface area contributed by atoms with Crippen LogP contribution in [0, 0.1) is 0 Å². The van der Waals surface area contributed by atoms with Gasteiger partial charge in [0.15, 0.2) is 5.78 Å². The molecule has 0 aromatic carbocycles. The number of carbonyl (C=O) groups is 1. The maximum absolute atomic E-state index is 12.0. The first-order chi connectivity index (χ1) is 7.81. The third-order valence-electron chi connectivity index (χ3n) is 2.96. The van der Waals surface area contributed by atoms with Crippen molar-refractivity contribution < 1.29 is 4.79 Å². The van der Waals surface area contributed by atoms with Crippen molar-refractivity contribution in [3.8, 4) is 0 Å². The van der Waals surface area contributed by atoms with E-state index in [9.17, 15) is 4.79 Å². The van der Waals surface area contributed by atoms with Crippen LogP contribution >= 0.6 is 0 Å². The second kappa shape index (κ2) is 5.05. The topological polar surface area (TPSA) is 47.8 Å². The number of hydrogen-bond acceptors (Lipinski definition) is 3. The lowest BCUT2D eigenvalue weighted by Gasteiger charge is -2.11. The summed E-state index contributed by atoms with van der Waals surface area (Å²) in [5.41, 5.74) is 0.983. The van der Waals surface area contributed by atoms with Crippen molar-refractivity contribution in [2.45, 2.75) is 45.6 Å². The maximum atomic E-state index is 12.0. The molecule has 1 aromatic rings. The Hall–Kier alpha value is -1.45. The van der Waals surface area contributed by atoms with Gasteiger partial charge in [-0.15, -0.1) is 0 Å². The molecule has 1 aliphatic rings. The first-order valence-corrected chi connectivity index (χ1v) is 5.90. The molecule has 0 spiro atoms. The molecule has 2 rings (SSSR count). The van der Waals surface area contributed by atoms with Gasteiger partial charge in [0.25, 0.3) is 0 Å². The van der Waals surface area contributed by atoms with Gasteiger partial charge in [0.2, 0.25) is 0 Å². The normalized spacial score (nSPS) is 15.9. The highest BCUT2D eigenvalue weighted by Gasteiger charge is 2.15. The zero-order valence-electron chi connectivity index (χ0n) is 9.65. The molecule has 0 unspecified atom stereocenters. The SMILES string of the molecule is CCn1ncnc1CC(=O)C1=CCCCC1. The predicted molar refractivity (Wildman–Crippen MR) is 61.0 cm³/mol. The number of rotatable bonds is 4. The van der Waals surface area contributed by atoms with Crippen LogP contribution in [0.2, 0.25) is 0 Å². The zero-order valence-corrected chi connectivity index (χ0v) is 9.65. The van der Waals surface area contributed by atoms with E-state index < -0.39 is 0 Å². The Balaban J connectivity index is 2.04. The van der Waals surface area contributed by atoms with E-state index >= 15 is 0 Å². The van der Waals surface area contributed by atoms with Crippen molar-refractivity contribution in [2.24, 2.45) is 0 Å². The molecular formula is C12H17N3O. The van der Waals surface area contributed by atoms with Gasteiger partial charge >= 0.3 is 0 Å². The molecule has 4 heteroatoms. The van der Waals surface area contributed by atoms with E-state index in [0.29, 0.717) is 6.42 Å². The molecule has 0 saturated heterocycles. The summed E-state index contributed by atoms with van der Waals surface area (Å²) in [5, 5.41) is 4.07. The summed E-state index contributed by atoms with van der Waals surface area (Å²) in [6, 6.07) is 0. The van der Waals surface area contributed by atoms with Crippen LogP contribution in [0.1, 0.15) is 38.4 Å². The Morgan fingerprint density at radius 2 is 2.38 bits per heavy atom. The minimum absolute atomic E-state index is 0.211. The third-order valence-corrected chi connectivity index (χ3v) is 2.96. The lowest BCUT2D eigenvalue weighted by Crippen LogP contribution is -2.13. The predicted octanol–water partition coefficient (Wildman–Crippen LogP) is 1.91. The summed E-state index contributed by atoms with van der Waals surface area (Å²) in [4.78, 5) is 16.1. The van der Waals surface area contributed by atoms with Crippen LogP contribution in [0.3, 0.4) is 0 Å². The van der Waals surface area contributed by atoms with E-state index in [1.54, 1.807) is 4.68 Å². The number of allylic oxidation sites excluding steroid dienone is 2. The number of nitrogens with zero attached hydrogens (tertiary/aromatic N) is 3. The lowest BCUT2D eigenvalue weighted by molar-refractivity contribution is -0.115. The van der Waals surface area contributed by atoms with Gasteiger partial charge in [0.1, 0.15) is 12.2 Å². The quantitative estimate of drug-likeness (QED) is 0.777. The number of aromatic nitrogens is 3. The second-order valence-corrected chi connectivity index (χ2v) is 4.07. The first-order valence-electron chi connectivity index (χ1n) is 5.90. The van der Waals surface area contributed by atoms with E-state index in [1.165, 1.54) is 12.7 Å². The summed E-state index contributed by atoms with van der Waals surface area (Å²) >= 11 is 0. The molecule has 1 heterocycles. The number of carbonyl (C=O) groups excluding carboxylic acids is 1. The fraction of sp³-hybridized carbons (Fsp3) is 0.583. The van der Waals surface area contributed by atoms with Gasteiger partial charge in [-0.2, -0.15) is 5.10 Å². The average molecular weight is 219 g/mol. The summed E-state index contributed by atoms with van der Waals surface area (Å²) in [6.07, 6.45) is 8.31. The highest BCUT2D eigenvalue weighted by Crippen LogP contribution is 2.19. The fourth-order valence-electron chi connectivity index (χ4n) is 2.04. The van der Waals surface area contributed by atoms with Crippen molar-refractivity contribution in [3.63, 3.8) is 0 Å². The van der Waals surface area contributed by atoms with Crippen molar-refractivity contribution in [3.05, 3.63) is 23.8 Å². The number of aryl methyl sites for hydroxylation is 1. The molecule has 1 aromatic heterocycles. The lowest BCUT2D eigenvalue weighted by atomic mass is 9.95. The van der Waals surface area contributed by atoms with Gasteiger partial charge in [-0.25, -0.2) is 9.67 Å². The number of ketones is 1. The standard InChI is InChI=1S/C12H17N3O/c1-2-15-12(13-9-14-15)8-11(16)10-6-4-3-5-7-10/h6,9H,2-5,7-8H2,1H3. The van der Waals surface area contributed by atoms with Crippen molar-refractivity contribution in [2.75, 3.05) is 0 Å². The van der Waals surface area contributed by atoms with E-state index in [4.69, 9.17) is 0 Å². The molecule has 86 valence electrons. The molecule has 16 heavy (non-hydrogen) atoms. The van der Waals surface area contributed by atoms with Crippen molar-refractivity contribution in [1.29, 1.82) is 0 Å². The summed E-state index contributed by atoms with van der Waals surface area (Å²) < 4.78 is 1.78. The van der Waals surface area contributed by atoms with Crippen LogP contribution in [0.25, 0.3) is 0 Å². The molecule has 1 aliphatic carbocycles. The largest absolute Gasteiger partial charge is 0.294 e.